The Kier molecular flexibility index (Phi) is 3.86. The molecule has 0 radical (unpaired) electrons. The number of aromatic nitrogens is 1. The summed E-state index contributed by atoms with van der Waals surface area (Å²) in [6, 6.07) is 9.11. The van der Waals surface area contributed by atoms with E-state index in [0.717, 1.165) is 0 Å². The van der Waals surface area contributed by atoms with Gasteiger partial charge in [0.15, 0.2) is 5.70 Å². The lowest BCUT2D eigenvalue weighted by Crippen LogP contribution is -2.07. The molecule has 114 valence electrons. The van der Waals surface area contributed by atoms with Crippen molar-refractivity contribution < 1.29 is 14.5 Å². The molecule has 0 atom stereocenters. The van der Waals surface area contributed by atoms with Crippen molar-refractivity contribution in [1.29, 1.82) is 0 Å². The lowest BCUT2D eigenvalue weighted by molar-refractivity contribution is -0.385. The Hall–Kier alpha value is -3.06. The summed E-state index contributed by atoms with van der Waals surface area (Å²) >= 11 is 5.86. The molecule has 23 heavy (non-hydrogen) atoms. The third-order valence-electron chi connectivity index (χ3n) is 2.99. The minimum Gasteiger partial charge on any atom is -0.400 e. The van der Waals surface area contributed by atoms with Gasteiger partial charge in [0.1, 0.15) is 5.69 Å². The fourth-order valence-corrected chi connectivity index (χ4v) is 2.12. The Balaban J connectivity index is 2.01. The quantitative estimate of drug-likeness (QED) is 0.373. The lowest BCUT2D eigenvalue weighted by Gasteiger charge is -1.98. The van der Waals surface area contributed by atoms with E-state index in [-0.39, 0.29) is 22.8 Å². The summed E-state index contributed by atoms with van der Waals surface area (Å²) in [7, 11) is 0. The second-order valence-electron chi connectivity index (χ2n) is 4.51. The fraction of sp³-hybridized carbons (Fsp3) is 0. The molecule has 1 aliphatic rings. The van der Waals surface area contributed by atoms with Gasteiger partial charge in [-0.3, -0.25) is 15.1 Å². The normalized spacial score (nSPS) is 15.4. The van der Waals surface area contributed by atoms with Crippen LogP contribution in [-0.4, -0.2) is 21.8 Å². The van der Waals surface area contributed by atoms with E-state index in [1.54, 1.807) is 12.1 Å². The number of para-hydroxylation sites is 1. The maximum Gasteiger partial charge on any atom is 0.363 e. The first-order valence-corrected chi connectivity index (χ1v) is 6.80. The molecular weight excluding hydrogens is 322 g/mol. The molecule has 0 saturated heterocycles. The van der Waals surface area contributed by atoms with Crippen LogP contribution in [0, 0.1) is 10.1 Å². The number of rotatable bonds is 3. The number of nitro groups is 1. The predicted molar refractivity (Wildman–Crippen MR) is 82.9 cm³/mol. The first-order chi connectivity index (χ1) is 11.0. The van der Waals surface area contributed by atoms with Gasteiger partial charge >= 0.3 is 5.97 Å². The van der Waals surface area contributed by atoms with E-state index in [9.17, 15) is 14.9 Å². The van der Waals surface area contributed by atoms with Gasteiger partial charge < -0.3 is 4.74 Å². The number of pyridine rings is 1. The number of ether oxygens (including phenoxy) is 1. The molecule has 2 aromatic rings. The number of hydrogen-bond donors (Lipinski definition) is 0. The minimum atomic E-state index is -0.708. The van der Waals surface area contributed by atoms with E-state index >= 15 is 0 Å². The van der Waals surface area contributed by atoms with Crippen molar-refractivity contribution in [2.75, 3.05) is 0 Å². The number of cyclic esters (lactones) is 1. The molecule has 1 aromatic carbocycles. The van der Waals surface area contributed by atoms with Gasteiger partial charge in [-0.25, -0.2) is 9.79 Å². The largest absolute Gasteiger partial charge is 0.400 e. The molecule has 0 spiro atoms. The summed E-state index contributed by atoms with van der Waals surface area (Å²) in [4.78, 5) is 30.4. The maximum atomic E-state index is 11.9. The predicted octanol–water partition coefficient (Wildman–Crippen LogP) is 2.99. The molecule has 0 aliphatic carbocycles. The fourth-order valence-electron chi connectivity index (χ4n) is 1.96. The van der Waals surface area contributed by atoms with Gasteiger partial charge in [0.2, 0.25) is 5.90 Å². The van der Waals surface area contributed by atoms with Crippen LogP contribution < -0.4 is 0 Å². The third-order valence-corrected chi connectivity index (χ3v) is 3.22. The van der Waals surface area contributed by atoms with E-state index in [4.69, 9.17) is 16.3 Å². The number of carbonyl (C=O) groups is 1. The Morgan fingerprint density at radius 3 is 2.78 bits per heavy atom. The van der Waals surface area contributed by atoms with Crippen LogP contribution in [0.25, 0.3) is 6.08 Å². The van der Waals surface area contributed by atoms with Gasteiger partial charge in [-0.15, -0.1) is 0 Å². The van der Waals surface area contributed by atoms with E-state index in [2.05, 4.69) is 9.98 Å². The van der Waals surface area contributed by atoms with Crippen LogP contribution in [0.4, 0.5) is 5.69 Å². The van der Waals surface area contributed by atoms with Gasteiger partial charge in [0.05, 0.1) is 10.5 Å². The monoisotopic (exact) mass is 329 g/mol. The van der Waals surface area contributed by atoms with Crippen LogP contribution in [0.15, 0.2) is 53.3 Å². The molecule has 1 aliphatic heterocycles. The molecular formula is C15H8ClN3O4. The summed E-state index contributed by atoms with van der Waals surface area (Å²) in [6.45, 7) is 0. The van der Waals surface area contributed by atoms with Crippen LogP contribution in [0.1, 0.15) is 11.3 Å². The van der Waals surface area contributed by atoms with E-state index in [1.807, 2.05) is 0 Å². The number of aliphatic imine (C=N–C) groups is 1. The minimum absolute atomic E-state index is 0.00216. The summed E-state index contributed by atoms with van der Waals surface area (Å²) in [5, 5.41) is 11.4. The molecule has 2 heterocycles. The Bertz CT molecular complexity index is 877. The standard InChI is InChI=1S/C15H8ClN3O4/c16-10-5-6-17-11(8-10)14-18-12(15(20)23-14)7-9-3-1-2-4-13(9)19(21)22/h1-8H/b12-7-. The summed E-state index contributed by atoms with van der Waals surface area (Å²) in [5.74, 6) is -0.706. The number of benzene rings is 1. The van der Waals surface area contributed by atoms with Crippen LogP contribution in [0.5, 0.6) is 0 Å². The van der Waals surface area contributed by atoms with Gasteiger partial charge in [0, 0.05) is 17.3 Å². The number of nitrogens with zero attached hydrogens (tertiary/aromatic N) is 3. The van der Waals surface area contributed by atoms with Crippen LogP contribution >= 0.6 is 11.6 Å². The second-order valence-corrected chi connectivity index (χ2v) is 4.95. The highest BCUT2D eigenvalue weighted by molar-refractivity contribution is 6.31. The maximum absolute atomic E-state index is 11.9. The Morgan fingerprint density at radius 2 is 2.04 bits per heavy atom. The molecule has 7 nitrogen and oxygen atoms in total. The zero-order valence-corrected chi connectivity index (χ0v) is 12.2. The van der Waals surface area contributed by atoms with E-state index in [0.29, 0.717) is 10.7 Å². The zero-order valence-electron chi connectivity index (χ0n) is 11.5. The number of carbonyl (C=O) groups excluding carboxylic acids is 1. The van der Waals surface area contributed by atoms with Crippen molar-refractivity contribution in [3.05, 3.63) is 74.7 Å². The van der Waals surface area contributed by atoms with Gasteiger partial charge in [-0.2, -0.15) is 0 Å². The lowest BCUT2D eigenvalue weighted by atomic mass is 10.1. The number of nitro benzene ring substituents is 1. The van der Waals surface area contributed by atoms with Gasteiger partial charge in [0.25, 0.3) is 5.69 Å². The number of esters is 1. The average molecular weight is 330 g/mol. The number of halogens is 1. The third kappa shape index (κ3) is 3.09. The highest BCUT2D eigenvalue weighted by Crippen LogP contribution is 2.24. The van der Waals surface area contributed by atoms with Gasteiger partial charge in [-0.05, 0) is 24.3 Å². The molecule has 0 saturated carbocycles. The molecule has 0 unspecified atom stereocenters. The smallest absolute Gasteiger partial charge is 0.363 e. The zero-order chi connectivity index (χ0) is 16.4. The van der Waals surface area contributed by atoms with Crippen molar-refractivity contribution in [1.82, 2.24) is 4.98 Å². The summed E-state index contributed by atoms with van der Waals surface area (Å²) < 4.78 is 5.04. The van der Waals surface area contributed by atoms with Crippen LogP contribution in [0.2, 0.25) is 5.02 Å². The van der Waals surface area contributed by atoms with Crippen molar-refractivity contribution >= 4 is 35.2 Å². The van der Waals surface area contributed by atoms with Crippen molar-refractivity contribution in [3.63, 3.8) is 0 Å². The molecule has 0 fully saturated rings. The molecule has 1 aromatic heterocycles. The van der Waals surface area contributed by atoms with Crippen molar-refractivity contribution in [2.24, 2.45) is 4.99 Å². The van der Waals surface area contributed by atoms with Crippen molar-refractivity contribution in [3.8, 4) is 0 Å². The SMILES string of the molecule is O=C1OC(c2cc(Cl)ccn2)=N/C1=C\c1ccccc1[N+](=O)[O-]. The highest BCUT2D eigenvalue weighted by atomic mass is 35.5. The number of hydrogen-bond acceptors (Lipinski definition) is 6. The van der Waals surface area contributed by atoms with Crippen LogP contribution in [-0.2, 0) is 9.53 Å². The van der Waals surface area contributed by atoms with Crippen LogP contribution in [0.3, 0.4) is 0 Å². The second kappa shape index (κ2) is 5.98. The van der Waals surface area contributed by atoms with Crippen molar-refractivity contribution in [2.45, 2.75) is 0 Å². The first-order valence-electron chi connectivity index (χ1n) is 6.42. The highest BCUT2D eigenvalue weighted by Gasteiger charge is 2.26. The first kappa shape index (κ1) is 14.9. The molecule has 3 rings (SSSR count). The topological polar surface area (TPSA) is 94.7 Å². The molecule has 8 heteroatoms. The summed E-state index contributed by atoms with van der Waals surface area (Å²) in [5.41, 5.74) is 0.388. The molecule has 0 bridgehead atoms. The van der Waals surface area contributed by atoms with Gasteiger partial charge in [-0.1, -0.05) is 23.7 Å². The summed E-state index contributed by atoms with van der Waals surface area (Å²) in [6.07, 6.45) is 2.76. The molecule has 0 N–H and O–H groups in total. The van der Waals surface area contributed by atoms with E-state index in [1.165, 1.54) is 36.5 Å². The Morgan fingerprint density at radius 1 is 1.26 bits per heavy atom. The Labute approximate surface area is 135 Å². The van der Waals surface area contributed by atoms with E-state index < -0.39 is 10.9 Å². The molecule has 0 amide bonds. The average Bonchev–Trinajstić information content (AvgIpc) is 2.89.